The molecule has 0 saturated heterocycles. The van der Waals surface area contributed by atoms with Gasteiger partial charge in [-0.05, 0) is 0 Å². The van der Waals surface area contributed by atoms with Gasteiger partial charge < -0.3 is 0 Å². The SMILES string of the molecule is CN1C=C(F)C(=O)NS1(=O)=O. The van der Waals surface area contributed by atoms with Crippen LogP contribution in [0.4, 0.5) is 4.39 Å². The van der Waals surface area contributed by atoms with E-state index in [-0.39, 0.29) is 0 Å². The summed E-state index contributed by atoms with van der Waals surface area (Å²) < 4.78 is 35.8. The molecule has 1 heterocycles. The summed E-state index contributed by atoms with van der Waals surface area (Å²) in [4.78, 5) is 10.4. The number of nitrogens with zero attached hydrogens (tertiary/aromatic N) is 1. The Bertz CT molecular complexity index is 320. The highest BCUT2D eigenvalue weighted by atomic mass is 32.2. The van der Waals surface area contributed by atoms with Gasteiger partial charge >= 0.3 is 10.2 Å². The first-order chi connectivity index (χ1) is 4.93. The van der Waals surface area contributed by atoms with E-state index in [0.29, 0.717) is 10.5 Å². The Morgan fingerprint density at radius 1 is 1.64 bits per heavy atom. The lowest BCUT2D eigenvalue weighted by Crippen LogP contribution is -2.43. The van der Waals surface area contributed by atoms with E-state index >= 15 is 0 Å². The number of nitrogens with one attached hydrogen (secondary N) is 1. The van der Waals surface area contributed by atoms with Crippen molar-refractivity contribution < 1.29 is 17.6 Å². The first kappa shape index (κ1) is 7.99. The van der Waals surface area contributed by atoms with Crippen molar-refractivity contribution in [2.75, 3.05) is 7.05 Å². The molecule has 1 aliphatic rings. The van der Waals surface area contributed by atoms with Crippen molar-refractivity contribution in [3.63, 3.8) is 0 Å². The van der Waals surface area contributed by atoms with Gasteiger partial charge in [-0.2, -0.15) is 12.8 Å². The molecule has 0 unspecified atom stereocenters. The Hall–Kier alpha value is -1.11. The molecular weight excluding hydrogens is 175 g/mol. The molecule has 0 atom stereocenters. The van der Waals surface area contributed by atoms with E-state index in [2.05, 4.69) is 0 Å². The van der Waals surface area contributed by atoms with E-state index in [1.54, 1.807) is 0 Å². The molecule has 0 aromatic carbocycles. The maximum Gasteiger partial charge on any atom is 0.325 e. The van der Waals surface area contributed by atoms with E-state index in [1.807, 2.05) is 0 Å². The van der Waals surface area contributed by atoms with Crippen LogP contribution in [-0.2, 0) is 15.0 Å². The van der Waals surface area contributed by atoms with Crippen LogP contribution in [0.15, 0.2) is 12.0 Å². The summed E-state index contributed by atoms with van der Waals surface area (Å²) in [5.74, 6) is -2.36. The summed E-state index contributed by atoms with van der Waals surface area (Å²) >= 11 is 0. The van der Waals surface area contributed by atoms with E-state index in [0.717, 1.165) is 7.05 Å². The molecule has 1 amide bonds. The van der Waals surface area contributed by atoms with E-state index in [1.165, 1.54) is 4.72 Å². The molecule has 1 aliphatic heterocycles. The van der Waals surface area contributed by atoms with Crippen molar-refractivity contribution in [3.05, 3.63) is 12.0 Å². The van der Waals surface area contributed by atoms with Crippen molar-refractivity contribution in [2.24, 2.45) is 0 Å². The second-order valence-corrected chi connectivity index (χ2v) is 3.66. The molecule has 5 nitrogen and oxygen atoms in total. The minimum absolute atomic E-state index is 0.587. The molecule has 0 saturated carbocycles. The molecule has 0 aromatic rings. The Labute approximate surface area is 62.7 Å². The topological polar surface area (TPSA) is 66.5 Å². The smallest absolute Gasteiger partial charge is 0.265 e. The third-order valence-electron chi connectivity index (χ3n) is 1.11. The number of carbonyl (C=O) groups is 1. The third kappa shape index (κ3) is 1.32. The average Bonchev–Trinajstić information content (AvgIpc) is 1.83. The van der Waals surface area contributed by atoms with Crippen LogP contribution in [0, 0.1) is 0 Å². The molecule has 0 aliphatic carbocycles. The zero-order valence-corrected chi connectivity index (χ0v) is 6.35. The number of hydrogen-bond acceptors (Lipinski definition) is 3. The van der Waals surface area contributed by atoms with Gasteiger partial charge in [0.15, 0.2) is 0 Å². The lowest BCUT2D eigenvalue weighted by molar-refractivity contribution is -0.117. The van der Waals surface area contributed by atoms with Gasteiger partial charge in [0.25, 0.3) is 5.91 Å². The quantitative estimate of drug-likeness (QED) is 0.525. The summed E-state index contributed by atoms with van der Waals surface area (Å²) in [5, 5.41) is 0. The van der Waals surface area contributed by atoms with Crippen LogP contribution in [0.2, 0.25) is 0 Å². The van der Waals surface area contributed by atoms with E-state index in [4.69, 9.17) is 0 Å². The van der Waals surface area contributed by atoms with Crippen LogP contribution in [0.3, 0.4) is 0 Å². The zero-order chi connectivity index (χ0) is 8.65. The summed E-state index contributed by atoms with van der Waals surface area (Å²) in [5.41, 5.74) is 0. The fourth-order valence-corrected chi connectivity index (χ4v) is 1.23. The molecule has 0 radical (unpaired) electrons. The van der Waals surface area contributed by atoms with Crippen LogP contribution in [0.5, 0.6) is 0 Å². The highest BCUT2D eigenvalue weighted by Gasteiger charge is 2.27. The van der Waals surface area contributed by atoms with Gasteiger partial charge in [0, 0.05) is 7.05 Å². The van der Waals surface area contributed by atoms with Crippen LogP contribution in [0.1, 0.15) is 0 Å². The Morgan fingerprint density at radius 3 is 2.64 bits per heavy atom. The Morgan fingerprint density at radius 2 is 2.18 bits per heavy atom. The van der Waals surface area contributed by atoms with Gasteiger partial charge in [-0.1, -0.05) is 0 Å². The summed E-state index contributed by atoms with van der Waals surface area (Å²) in [6.45, 7) is 0. The molecule has 7 heteroatoms. The second-order valence-electron chi connectivity index (χ2n) is 1.93. The lowest BCUT2D eigenvalue weighted by Gasteiger charge is -2.18. The fourth-order valence-electron chi connectivity index (χ4n) is 0.526. The van der Waals surface area contributed by atoms with Gasteiger partial charge in [0.1, 0.15) is 0 Å². The molecule has 11 heavy (non-hydrogen) atoms. The van der Waals surface area contributed by atoms with Crippen molar-refractivity contribution in [2.45, 2.75) is 0 Å². The van der Waals surface area contributed by atoms with Crippen LogP contribution < -0.4 is 4.72 Å². The maximum absolute atomic E-state index is 12.3. The molecule has 1 rings (SSSR count). The van der Waals surface area contributed by atoms with Crippen molar-refractivity contribution in [1.29, 1.82) is 0 Å². The van der Waals surface area contributed by atoms with Crippen LogP contribution in [0.25, 0.3) is 0 Å². The van der Waals surface area contributed by atoms with Gasteiger partial charge in [-0.15, -0.1) is 0 Å². The second kappa shape index (κ2) is 2.19. The first-order valence-electron chi connectivity index (χ1n) is 2.61. The highest BCUT2D eigenvalue weighted by molar-refractivity contribution is 7.87. The van der Waals surface area contributed by atoms with Gasteiger partial charge in [-0.3, -0.25) is 9.10 Å². The molecule has 0 bridgehead atoms. The van der Waals surface area contributed by atoms with Gasteiger partial charge in [0.2, 0.25) is 5.83 Å². The molecule has 0 aromatic heterocycles. The molecule has 62 valence electrons. The Balaban J connectivity index is 3.13. The normalized spacial score (nSPS) is 22.5. The standard InChI is InChI=1S/C4H5FN2O3S/c1-7-2-3(5)4(8)6-11(7,9)10/h2H,1H3,(H,6,8). The van der Waals surface area contributed by atoms with E-state index < -0.39 is 21.9 Å². The third-order valence-corrected chi connectivity index (χ3v) is 2.42. The molecule has 0 spiro atoms. The monoisotopic (exact) mass is 180 g/mol. The largest absolute Gasteiger partial charge is 0.325 e. The Kier molecular flexibility index (Phi) is 1.59. The van der Waals surface area contributed by atoms with Crippen molar-refractivity contribution >= 4 is 16.1 Å². The molecule has 1 N–H and O–H groups in total. The van der Waals surface area contributed by atoms with Crippen molar-refractivity contribution in [1.82, 2.24) is 9.03 Å². The number of amides is 1. The zero-order valence-electron chi connectivity index (χ0n) is 5.54. The summed E-state index contributed by atoms with van der Waals surface area (Å²) in [6.07, 6.45) is 0.605. The fraction of sp³-hybridized carbons (Fsp3) is 0.250. The van der Waals surface area contributed by atoms with E-state index in [9.17, 15) is 17.6 Å². The minimum atomic E-state index is -3.83. The molecule has 0 fully saturated rings. The number of carbonyl (C=O) groups excluding carboxylic acids is 1. The van der Waals surface area contributed by atoms with Gasteiger partial charge in [-0.25, -0.2) is 4.72 Å². The van der Waals surface area contributed by atoms with Crippen molar-refractivity contribution in [3.8, 4) is 0 Å². The minimum Gasteiger partial charge on any atom is -0.265 e. The van der Waals surface area contributed by atoms with Crippen LogP contribution in [-0.4, -0.2) is 25.7 Å². The predicted octanol–water partition coefficient (Wildman–Crippen LogP) is -0.896. The van der Waals surface area contributed by atoms with Gasteiger partial charge in [0.05, 0.1) is 6.20 Å². The number of rotatable bonds is 0. The number of hydrogen-bond donors (Lipinski definition) is 1. The highest BCUT2D eigenvalue weighted by Crippen LogP contribution is 2.08. The number of halogens is 1. The average molecular weight is 180 g/mol. The molecular formula is C4H5FN2O3S. The summed E-state index contributed by atoms with van der Waals surface area (Å²) in [7, 11) is -2.71. The predicted molar refractivity (Wildman–Crippen MR) is 34.0 cm³/mol. The summed E-state index contributed by atoms with van der Waals surface area (Å²) in [6, 6.07) is 0. The lowest BCUT2D eigenvalue weighted by atomic mass is 10.5. The maximum atomic E-state index is 12.3. The van der Waals surface area contributed by atoms with Crippen LogP contribution >= 0.6 is 0 Å². The first-order valence-corrected chi connectivity index (χ1v) is 4.05.